The summed E-state index contributed by atoms with van der Waals surface area (Å²) in [6.07, 6.45) is 0.0514. The number of hydrogen-bond acceptors (Lipinski definition) is 4. The monoisotopic (exact) mass is 450 g/mol. The summed E-state index contributed by atoms with van der Waals surface area (Å²) < 4.78 is 5.97. The summed E-state index contributed by atoms with van der Waals surface area (Å²) in [5.41, 5.74) is 1.27. The fraction of sp³-hybridized carbons (Fsp3) is 0.211. The van der Waals surface area contributed by atoms with Crippen LogP contribution in [-0.4, -0.2) is 30.9 Å². The molecule has 0 saturated carbocycles. The summed E-state index contributed by atoms with van der Waals surface area (Å²) in [4.78, 5) is 37.8. The highest BCUT2D eigenvalue weighted by Gasteiger charge is 2.36. The number of esters is 1. The van der Waals surface area contributed by atoms with Gasteiger partial charge in [0.1, 0.15) is 0 Å². The van der Waals surface area contributed by atoms with Crippen LogP contribution in [0.5, 0.6) is 0 Å². The topological polar surface area (TPSA) is 75.7 Å². The van der Waals surface area contributed by atoms with Crippen LogP contribution in [0.4, 0.5) is 11.4 Å². The van der Waals surface area contributed by atoms with E-state index in [1.54, 1.807) is 48.5 Å². The lowest BCUT2D eigenvalue weighted by atomic mass is 10.1. The van der Waals surface area contributed by atoms with Crippen molar-refractivity contribution >= 4 is 56.7 Å². The quantitative estimate of drug-likeness (QED) is 0.704. The summed E-state index contributed by atoms with van der Waals surface area (Å²) >= 11 is 9.16. The number of ether oxygens (including phenoxy) is 1. The lowest BCUT2D eigenvalue weighted by molar-refractivity contribution is -0.151. The Morgan fingerprint density at radius 1 is 1.15 bits per heavy atom. The molecular formula is C19H16BrClN2O4. The second kappa shape index (κ2) is 8.54. The molecule has 0 unspecified atom stereocenters. The van der Waals surface area contributed by atoms with Crippen LogP contribution in [0, 0.1) is 5.92 Å². The molecule has 0 spiro atoms. The molecule has 0 aliphatic carbocycles. The van der Waals surface area contributed by atoms with Gasteiger partial charge in [0.05, 0.1) is 5.92 Å². The number of nitrogens with one attached hydrogen (secondary N) is 1. The SMILES string of the molecule is O=C(COC(=O)[C@H]1CC(=O)N(c2ccc(Cl)cc2)C1)Nc1ccc(Br)cc1. The molecule has 2 amide bonds. The van der Waals surface area contributed by atoms with Crippen LogP contribution in [0.1, 0.15) is 6.42 Å². The smallest absolute Gasteiger partial charge is 0.311 e. The number of benzene rings is 2. The highest BCUT2D eigenvalue weighted by atomic mass is 79.9. The lowest BCUT2D eigenvalue weighted by Crippen LogP contribution is -2.28. The number of halogens is 2. The number of rotatable bonds is 5. The Morgan fingerprint density at radius 3 is 2.48 bits per heavy atom. The molecule has 1 aliphatic heterocycles. The second-order valence-corrected chi connectivity index (χ2v) is 7.40. The zero-order chi connectivity index (χ0) is 19.4. The van der Waals surface area contributed by atoms with E-state index >= 15 is 0 Å². The Kier molecular flexibility index (Phi) is 6.13. The Hall–Kier alpha value is -2.38. The van der Waals surface area contributed by atoms with Crippen molar-refractivity contribution in [2.75, 3.05) is 23.4 Å². The van der Waals surface area contributed by atoms with Gasteiger partial charge in [0.25, 0.3) is 5.91 Å². The second-order valence-electron chi connectivity index (χ2n) is 6.04. The minimum atomic E-state index is -0.603. The molecule has 1 heterocycles. The van der Waals surface area contributed by atoms with E-state index in [2.05, 4.69) is 21.2 Å². The van der Waals surface area contributed by atoms with Gasteiger partial charge in [-0.15, -0.1) is 0 Å². The van der Waals surface area contributed by atoms with Gasteiger partial charge in [-0.2, -0.15) is 0 Å². The van der Waals surface area contributed by atoms with Crippen molar-refractivity contribution in [1.82, 2.24) is 0 Å². The number of amides is 2. The van der Waals surface area contributed by atoms with Gasteiger partial charge in [-0.05, 0) is 48.5 Å². The molecule has 0 aromatic heterocycles. The predicted molar refractivity (Wildman–Crippen MR) is 106 cm³/mol. The average molecular weight is 452 g/mol. The van der Waals surface area contributed by atoms with Crippen molar-refractivity contribution < 1.29 is 19.1 Å². The summed E-state index contributed by atoms with van der Waals surface area (Å²) in [6, 6.07) is 13.8. The molecule has 3 rings (SSSR count). The van der Waals surface area contributed by atoms with Crippen LogP contribution < -0.4 is 10.2 Å². The van der Waals surface area contributed by atoms with Gasteiger partial charge in [-0.1, -0.05) is 27.5 Å². The molecule has 6 nitrogen and oxygen atoms in total. The fourth-order valence-corrected chi connectivity index (χ4v) is 3.11. The number of hydrogen-bond donors (Lipinski definition) is 1. The normalized spacial score (nSPS) is 16.3. The van der Waals surface area contributed by atoms with Crippen molar-refractivity contribution in [2.24, 2.45) is 5.92 Å². The Labute approximate surface area is 169 Å². The first-order valence-corrected chi connectivity index (χ1v) is 9.37. The van der Waals surface area contributed by atoms with Gasteiger partial charge in [0.15, 0.2) is 6.61 Å². The van der Waals surface area contributed by atoms with Gasteiger partial charge in [0.2, 0.25) is 5.91 Å². The first kappa shape index (κ1) is 19.4. The van der Waals surface area contributed by atoms with E-state index < -0.39 is 24.4 Å². The number of carbonyl (C=O) groups is 3. The predicted octanol–water partition coefficient (Wildman–Crippen LogP) is 3.64. The van der Waals surface area contributed by atoms with Crippen LogP contribution in [0.3, 0.4) is 0 Å². The Morgan fingerprint density at radius 2 is 1.81 bits per heavy atom. The van der Waals surface area contributed by atoms with E-state index in [0.717, 1.165) is 4.47 Å². The van der Waals surface area contributed by atoms with Crippen molar-refractivity contribution in [2.45, 2.75) is 6.42 Å². The van der Waals surface area contributed by atoms with E-state index in [1.165, 1.54) is 4.90 Å². The van der Waals surface area contributed by atoms with Gasteiger partial charge in [0, 0.05) is 33.8 Å². The highest BCUT2D eigenvalue weighted by molar-refractivity contribution is 9.10. The molecule has 0 bridgehead atoms. The fourth-order valence-electron chi connectivity index (χ4n) is 2.72. The first-order chi connectivity index (χ1) is 12.9. The molecule has 1 atom stereocenters. The molecule has 27 heavy (non-hydrogen) atoms. The third-order valence-corrected chi connectivity index (χ3v) is 4.85. The zero-order valence-corrected chi connectivity index (χ0v) is 16.5. The van der Waals surface area contributed by atoms with E-state index in [9.17, 15) is 14.4 Å². The number of carbonyl (C=O) groups excluding carboxylic acids is 3. The summed E-state index contributed by atoms with van der Waals surface area (Å²) in [6.45, 7) is -0.186. The maximum absolute atomic E-state index is 12.2. The van der Waals surface area contributed by atoms with E-state index in [1.807, 2.05) is 0 Å². The van der Waals surface area contributed by atoms with Gasteiger partial charge in [-0.3, -0.25) is 14.4 Å². The summed E-state index contributed by atoms with van der Waals surface area (Å²) in [5.74, 6) is -1.78. The van der Waals surface area contributed by atoms with Crippen LogP contribution >= 0.6 is 27.5 Å². The van der Waals surface area contributed by atoms with Gasteiger partial charge in [-0.25, -0.2) is 0 Å². The largest absolute Gasteiger partial charge is 0.455 e. The standard InChI is InChI=1S/C19H16BrClN2O4/c20-13-1-5-15(6-2-13)22-17(24)11-27-19(26)12-9-18(25)23(10-12)16-7-3-14(21)4-8-16/h1-8,12H,9-11H2,(H,22,24)/t12-/m0/s1. The van der Waals surface area contributed by atoms with Crippen molar-refractivity contribution in [1.29, 1.82) is 0 Å². The highest BCUT2D eigenvalue weighted by Crippen LogP contribution is 2.27. The average Bonchev–Trinajstić information content (AvgIpc) is 3.04. The molecule has 1 aliphatic rings. The van der Waals surface area contributed by atoms with Crippen molar-refractivity contribution in [3.63, 3.8) is 0 Å². The Balaban J connectivity index is 1.51. The minimum absolute atomic E-state index is 0.0514. The lowest BCUT2D eigenvalue weighted by Gasteiger charge is -2.16. The zero-order valence-electron chi connectivity index (χ0n) is 14.2. The number of nitrogens with zero attached hydrogens (tertiary/aromatic N) is 1. The molecule has 140 valence electrons. The summed E-state index contributed by atoms with van der Waals surface area (Å²) in [5, 5.41) is 3.20. The van der Waals surface area contributed by atoms with E-state index in [4.69, 9.17) is 16.3 Å². The van der Waals surface area contributed by atoms with Gasteiger partial charge >= 0.3 is 5.97 Å². The molecule has 2 aromatic carbocycles. The molecular weight excluding hydrogens is 436 g/mol. The summed E-state index contributed by atoms with van der Waals surface area (Å²) in [7, 11) is 0. The first-order valence-electron chi connectivity index (χ1n) is 8.20. The van der Waals surface area contributed by atoms with Crippen LogP contribution in [0.15, 0.2) is 53.0 Å². The molecule has 8 heteroatoms. The molecule has 1 saturated heterocycles. The third kappa shape index (κ3) is 5.08. The van der Waals surface area contributed by atoms with E-state index in [0.29, 0.717) is 16.4 Å². The Bertz CT molecular complexity index is 855. The van der Waals surface area contributed by atoms with Crippen molar-refractivity contribution in [3.05, 3.63) is 58.0 Å². The van der Waals surface area contributed by atoms with Crippen LogP contribution in [0.2, 0.25) is 5.02 Å². The van der Waals surface area contributed by atoms with Crippen LogP contribution in [-0.2, 0) is 19.1 Å². The third-order valence-electron chi connectivity index (χ3n) is 4.07. The number of anilines is 2. The molecule has 1 fully saturated rings. The van der Waals surface area contributed by atoms with E-state index in [-0.39, 0.29) is 18.9 Å². The molecule has 2 aromatic rings. The maximum atomic E-state index is 12.2. The molecule has 0 radical (unpaired) electrons. The minimum Gasteiger partial charge on any atom is -0.455 e. The molecule has 1 N–H and O–H groups in total. The van der Waals surface area contributed by atoms with Crippen molar-refractivity contribution in [3.8, 4) is 0 Å². The van der Waals surface area contributed by atoms with Crippen LogP contribution in [0.25, 0.3) is 0 Å². The van der Waals surface area contributed by atoms with Gasteiger partial charge < -0.3 is 15.0 Å². The maximum Gasteiger partial charge on any atom is 0.311 e.